The van der Waals surface area contributed by atoms with Crippen molar-refractivity contribution >= 4 is 28.2 Å². The molecule has 4 heterocycles. The molecular weight excluding hydrogens is 406 g/mol. The van der Waals surface area contributed by atoms with E-state index >= 15 is 0 Å². The molecule has 1 aromatic carbocycles. The summed E-state index contributed by atoms with van der Waals surface area (Å²) in [6.07, 6.45) is 5.13. The second-order valence-corrected chi connectivity index (χ2v) is 7.37. The third-order valence-corrected chi connectivity index (χ3v) is 5.36. The van der Waals surface area contributed by atoms with Crippen molar-refractivity contribution in [3.63, 3.8) is 0 Å². The van der Waals surface area contributed by atoms with E-state index in [0.717, 1.165) is 34.8 Å². The van der Waals surface area contributed by atoms with Gasteiger partial charge in [0.1, 0.15) is 17.9 Å². The van der Waals surface area contributed by atoms with E-state index in [1.54, 1.807) is 23.9 Å². The van der Waals surface area contributed by atoms with E-state index in [9.17, 15) is 0 Å². The number of benzene rings is 1. The molecular formula is C21H17ClN5OS-. The maximum Gasteiger partial charge on any atom is 0.168 e. The van der Waals surface area contributed by atoms with Crippen molar-refractivity contribution in [1.29, 1.82) is 0 Å². The lowest BCUT2D eigenvalue weighted by Gasteiger charge is -2.22. The third kappa shape index (κ3) is 3.87. The SMILES string of the molecule is [Cl-].c1ccc(-n2ncc3c(N(Cc4ccco4)Cc4cccs4)ncnc32)cc1. The number of hydrogen-bond acceptors (Lipinski definition) is 6. The van der Waals surface area contributed by atoms with Gasteiger partial charge in [-0.2, -0.15) is 5.10 Å². The van der Waals surface area contributed by atoms with Gasteiger partial charge in [0.25, 0.3) is 0 Å². The van der Waals surface area contributed by atoms with Crippen LogP contribution in [0.3, 0.4) is 0 Å². The maximum absolute atomic E-state index is 5.59. The normalized spacial score (nSPS) is 10.8. The highest BCUT2D eigenvalue weighted by Gasteiger charge is 2.18. The summed E-state index contributed by atoms with van der Waals surface area (Å²) in [7, 11) is 0. The molecule has 6 nitrogen and oxygen atoms in total. The van der Waals surface area contributed by atoms with E-state index in [0.29, 0.717) is 6.54 Å². The fourth-order valence-corrected chi connectivity index (χ4v) is 3.95. The molecule has 0 fully saturated rings. The molecule has 5 aromatic rings. The van der Waals surface area contributed by atoms with Crippen LogP contribution in [-0.2, 0) is 13.1 Å². The number of para-hydroxylation sites is 1. The van der Waals surface area contributed by atoms with E-state index < -0.39 is 0 Å². The zero-order valence-electron chi connectivity index (χ0n) is 15.4. The summed E-state index contributed by atoms with van der Waals surface area (Å²) >= 11 is 1.73. The van der Waals surface area contributed by atoms with Crippen molar-refractivity contribution in [2.75, 3.05) is 4.90 Å². The summed E-state index contributed by atoms with van der Waals surface area (Å²) in [5.41, 5.74) is 1.75. The fourth-order valence-electron chi connectivity index (χ4n) is 3.23. The second kappa shape index (κ2) is 8.46. The van der Waals surface area contributed by atoms with Gasteiger partial charge >= 0.3 is 0 Å². The van der Waals surface area contributed by atoms with Crippen molar-refractivity contribution < 1.29 is 16.8 Å². The number of thiophene rings is 1. The highest BCUT2D eigenvalue weighted by molar-refractivity contribution is 7.09. The van der Waals surface area contributed by atoms with Crippen LogP contribution in [0.15, 0.2) is 83.2 Å². The first-order valence-electron chi connectivity index (χ1n) is 8.92. The molecule has 0 radical (unpaired) electrons. The Hall–Kier alpha value is -3.16. The minimum Gasteiger partial charge on any atom is -1.00 e. The summed E-state index contributed by atoms with van der Waals surface area (Å²) < 4.78 is 7.43. The Morgan fingerprint density at radius 3 is 2.62 bits per heavy atom. The lowest BCUT2D eigenvalue weighted by molar-refractivity contribution is -0.00000617. The van der Waals surface area contributed by atoms with Crippen LogP contribution in [0.5, 0.6) is 0 Å². The molecule has 8 heteroatoms. The smallest absolute Gasteiger partial charge is 0.168 e. The lowest BCUT2D eigenvalue weighted by atomic mass is 10.3. The molecule has 5 rings (SSSR count). The van der Waals surface area contributed by atoms with Crippen LogP contribution in [0.4, 0.5) is 5.82 Å². The predicted molar refractivity (Wildman–Crippen MR) is 110 cm³/mol. The summed E-state index contributed by atoms with van der Waals surface area (Å²) in [6, 6.07) is 18.1. The predicted octanol–water partition coefficient (Wildman–Crippen LogP) is 1.68. The Morgan fingerprint density at radius 1 is 0.966 bits per heavy atom. The molecule has 0 saturated heterocycles. The standard InChI is InChI=1S/C21H17N5OS.ClH/c1-2-6-16(7-3-1)26-21-19(12-24-26)20(22-15-23-21)25(13-17-8-4-10-27-17)14-18-9-5-11-28-18;/h1-12,15H,13-14H2;1H/p-1. The number of rotatable bonds is 6. The number of anilines is 1. The Morgan fingerprint density at radius 2 is 1.86 bits per heavy atom. The molecule has 0 spiro atoms. The molecule has 0 N–H and O–H groups in total. The van der Waals surface area contributed by atoms with E-state index in [4.69, 9.17) is 4.42 Å². The second-order valence-electron chi connectivity index (χ2n) is 6.34. The molecule has 0 amide bonds. The zero-order chi connectivity index (χ0) is 18.8. The van der Waals surface area contributed by atoms with Crippen molar-refractivity contribution in [1.82, 2.24) is 19.7 Å². The molecule has 4 aromatic heterocycles. The first-order chi connectivity index (χ1) is 13.9. The monoisotopic (exact) mass is 422 g/mol. The van der Waals surface area contributed by atoms with Crippen LogP contribution < -0.4 is 17.3 Å². The van der Waals surface area contributed by atoms with Gasteiger partial charge in [-0.05, 0) is 35.7 Å². The highest BCUT2D eigenvalue weighted by atomic mass is 35.5. The lowest BCUT2D eigenvalue weighted by Crippen LogP contribution is -3.00. The van der Waals surface area contributed by atoms with Gasteiger partial charge in [-0.1, -0.05) is 24.3 Å². The van der Waals surface area contributed by atoms with Gasteiger partial charge in [0.05, 0.1) is 36.6 Å². The minimum absolute atomic E-state index is 0. The van der Waals surface area contributed by atoms with E-state index in [1.165, 1.54) is 4.88 Å². The first-order valence-corrected chi connectivity index (χ1v) is 9.80. The van der Waals surface area contributed by atoms with Crippen molar-refractivity contribution in [2.45, 2.75) is 13.1 Å². The summed E-state index contributed by atoms with van der Waals surface area (Å²) in [5, 5.41) is 7.57. The van der Waals surface area contributed by atoms with E-state index in [-0.39, 0.29) is 12.4 Å². The quantitative estimate of drug-likeness (QED) is 0.416. The van der Waals surface area contributed by atoms with Crippen LogP contribution in [-0.4, -0.2) is 19.7 Å². The first kappa shape index (κ1) is 19.2. The molecule has 0 bridgehead atoms. The maximum atomic E-state index is 5.59. The topological polar surface area (TPSA) is 60.0 Å². The zero-order valence-corrected chi connectivity index (χ0v) is 16.9. The third-order valence-electron chi connectivity index (χ3n) is 4.50. The number of aromatic nitrogens is 4. The van der Waals surface area contributed by atoms with Crippen LogP contribution >= 0.6 is 11.3 Å². The Balaban J connectivity index is 0.00000205. The van der Waals surface area contributed by atoms with Crippen LogP contribution in [0, 0.1) is 0 Å². The molecule has 0 unspecified atom stereocenters. The summed E-state index contributed by atoms with van der Waals surface area (Å²) in [4.78, 5) is 12.6. The number of furan rings is 1. The van der Waals surface area contributed by atoms with Crippen LogP contribution in [0.2, 0.25) is 0 Å². The molecule has 0 saturated carbocycles. The average molecular weight is 423 g/mol. The van der Waals surface area contributed by atoms with Crippen LogP contribution in [0.1, 0.15) is 10.6 Å². The number of nitrogens with zero attached hydrogens (tertiary/aromatic N) is 5. The molecule has 0 aliphatic heterocycles. The summed E-state index contributed by atoms with van der Waals surface area (Å²) in [6.45, 7) is 1.36. The molecule has 0 aliphatic rings. The van der Waals surface area contributed by atoms with Gasteiger partial charge in [-0.3, -0.25) is 0 Å². The minimum atomic E-state index is 0. The fraction of sp³-hybridized carbons (Fsp3) is 0.0952. The van der Waals surface area contributed by atoms with Gasteiger partial charge in [0, 0.05) is 4.88 Å². The van der Waals surface area contributed by atoms with Crippen LogP contribution in [0.25, 0.3) is 16.7 Å². The average Bonchev–Trinajstić information content (AvgIpc) is 3.50. The summed E-state index contributed by atoms with van der Waals surface area (Å²) in [5.74, 6) is 1.73. The number of halogens is 1. The van der Waals surface area contributed by atoms with Crippen molar-refractivity contribution in [3.8, 4) is 5.69 Å². The van der Waals surface area contributed by atoms with E-state index in [1.807, 2.05) is 53.3 Å². The van der Waals surface area contributed by atoms with Gasteiger partial charge in [-0.15, -0.1) is 11.3 Å². The van der Waals surface area contributed by atoms with Gasteiger partial charge < -0.3 is 21.7 Å². The highest BCUT2D eigenvalue weighted by Crippen LogP contribution is 2.28. The molecule has 0 aliphatic carbocycles. The molecule has 146 valence electrons. The Bertz CT molecular complexity index is 1140. The van der Waals surface area contributed by atoms with Crippen molar-refractivity contribution in [3.05, 3.63) is 89.4 Å². The molecule has 29 heavy (non-hydrogen) atoms. The van der Waals surface area contributed by atoms with E-state index in [2.05, 4.69) is 37.5 Å². The number of fused-ring (bicyclic) bond motifs is 1. The Labute approximate surface area is 177 Å². The van der Waals surface area contributed by atoms with Gasteiger partial charge in [-0.25, -0.2) is 14.6 Å². The van der Waals surface area contributed by atoms with Gasteiger partial charge in [0.2, 0.25) is 0 Å². The Kier molecular flexibility index (Phi) is 5.59. The van der Waals surface area contributed by atoms with Gasteiger partial charge in [0.15, 0.2) is 5.65 Å². The van der Waals surface area contributed by atoms with Crippen molar-refractivity contribution in [2.24, 2.45) is 0 Å². The number of hydrogen-bond donors (Lipinski definition) is 0. The largest absolute Gasteiger partial charge is 1.00 e. The molecule has 0 atom stereocenters.